The number of nitrogens with one attached hydrogen (secondary N) is 1. The molecule has 20 heavy (non-hydrogen) atoms. The van der Waals surface area contributed by atoms with Crippen LogP contribution in [0.4, 0.5) is 11.4 Å². The molecule has 0 bridgehead atoms. The summed E-state index contributed by atoms with van der Waals surface area (Å²) in [6.07, 6.45) is 0. The fourth-order valence-electron chi connectivity index (χ4n) is 1.81. The van der Waals surface area contributed by atoms with Gasteiger partial charge in [0, 0.05) is 22.8 Å². The molecule has 0 aliphatic heterocycles. The molecule has 0 radical (unpaired) electrons. The van der Waals surface area contributed by atoms with Gasteiger partial charge in [-0.05, 0) is 62.0 Å². The molecule has 0 spiro atoms. The maximum Gasteiger partial charge on any atom is 0.283 e. The first-order valence-corrected chi connectivity index (χ1v) is 7.49. The third-order valence-corrected chi connectivity index (χ3v) is 4.45. The van der Waals surface area contributed by atoms with Crippen LogP contribution in [0.1, 0.15) is 11.1 Å². The number of benzene rings is 2. The number of hydrogen-bond donors (Lipinski definition) is 1. The Morgan fingerprint density at radius 2 is 2.00 bits per heavy atom. The van der Waals surface area contributed by atoms with Crippen molar-refractivity contribution in [1.29, 1.82) is 0 Å². The summed E-state index contributed by atoms with van der Waals surface area (Å²) in [5.41, 5.74) is 3.03. The highest BCUT2D eigenvalue weighted by atomic mass is 79.9. The summed E-state index contributed by atoms with van der Waals surface area (Å²) in [4.78, 5) is 10.5. The lowest BCUT2D eigenvalue weighted by Gasteiger charge is -2.11. The molecule has 0 aliphatic carbocycles. The van der Waals surface area contributed by atoms with Gasteiger partial charge in [-0.25, -0.2) is 0 Å². The number of rotatable bonds is 4. The summed E-state index contributed by atoms with van der Waals surface area (Å²) < 4.78 is 1.48. The smallest absolute Gasteiger partial charge is 0.283 e. The summed E-state index contributed by atoms with van der Waals surface area (Å²) in [7, 11) is 0. The molecule has 6 heteroatoms. The summed E-state index contributed by atoms with van der Waals surface area (Å²) >= 11 is 6.77. The molecule has 0 amide bonds. The largest absolute Gasteiger partial charge is 0.380 e. The van der Waals surface area contributed by atoms with E-state index in [0.29, 0.717) is 11.0 Å². The van der Waals surface area contributed by atoms with Gasteiger partial charge in [-0.2, -0.15) is 0 Å². The first-order valence-electron chi connectivity index (χ1n) is 5.91. The van der Waals surface area contributed by atoms with E-state index < -0.39 is 4.92 Å². The van der Waals surface area contributed by atoms with Gasteiger partial charge in [0.15, 0.2) is 0 Å². The second kappa shape index (κ2) is 6.37. The van der Waals surface area contributed by atoms with Crippen molar-refractivity contribution in [3.8, 4) is 0 Å². The minimum atomic E-state index is -0.393. The fraction of sp³-hybridized carbons (Fsp3) is 0.143. The van der Waals surface area contributed by atoms with Crippen LogP contribution >= 0.6 is 31.9 Å². The van der Waals surface area contributed by atoms with Crippen molar-refractivity contribution < 1.29 is 4.92 Å². The second-order valence-corrected chi connectivity index (χ2v) is 5.99. The number of nitrogens with zero attached hydrogens (tertiary/aromatic N) is 1. The van der Waals surface area contributed by atoms with E-state index in [0.717, 1.165) is 21.3 Å². The van der Waals surface area contributed by atoms with Crippen molar-refractivity contribution in [2.45, 2.75) is 13.5 Å². The molecule has 0 unspecified atom stereocenters. The average Bonchev–Trinajstić information content (AvgIpc) is 2.41. The van der Waals surface area contributed by atoms with Gasteiger partial charge in [-0.3, -0.25) is 10.1 Å². The number of halogens is 2. The monoisotopic (exact) mass is 398 g/mol. The van der Waals surface area contributed by atoms with E-state index in [1.807, 2.05) is 31.2 Å². The number of nitro benzene ring substituents is 1. The molecular weight excluding hydrogens is 388 g/mol. The number of hydrogen-bond acceptors (Lipinski definition) is 3. The Hall–Kier alpha value is -1.40. The molecular formula is C14H12Br2N2O2. The van der Waals surface area contributed by atoms with Gasteiger partial charge in [0.2, 0.25) is 0 Å². The van der Waals surface area contributed by atoms with E-state index in [4.69, 9.17) is 0 Å². The predicted molar refractivity (Wildman–Crippen MR) is 87.0 cm³/mol. The van der Waals surface area contributed by atoms with Crippen molar-refractivity contribution in [3.63, 3.8) is 0 Å². The van der Waals surface area contributed by atoms with E-state index >= 15 is 0 Å². The van der Waals surface area contributed by atoms with Crippen molar-refractivity contribution in [2.75, 3.05) is 5.32 Å². The Balaban J connectivity index is 2.21. The Morgan fingerprint density at radius 3 is 2.70 bits per heavy atom. The SMILES string of the molecule is Cc1ccc(Br)c(NCc2cccc([N+](=O)[O-])c2Br)c1. The average molecular weight is 400 g/mol. The first-order chi connectivity index (χ1) is 9.49. The van der Waals surface area contributed by atoms with Gasteiger partial charge in [0.25, 0.3) is 5.69 Å². The van der Waals surface area contributed by atoms with E-state index in [2.05, 4.69) is 37.2 Å². The highest BCUT2D eigenvalue weighted by Crippen LogP contribution is 2.30. The second-order valence-electron chi connectivity index (χ2n) is 4.34. The van der Waals surface area contributed by atoms with Gasteiger partial charge in [0.05, 0.1) is 4.92 Å². The lowest BCUT2D eigenvalue weighted by atomic mass is 10.2. The zero-order valence-electron chi connectivity index (χ0n) is 10.7. The molecule has 0 atom stereocenters. The van der Waals surface area contributed by atoms with Crippen LogP contribution in [0.5, 0.6) is 0 Å². The van der Waals surface area contributed by atoms with Gasteiger partial charge < -0.3 is 5.32 Å². The molecule has 0 saturated heterocycles. The Bertz CT molecular complexity index is 660. The minimum absolute atomic E-state index is 0.0765. The molecule has 2 aromatic carbocycles. The minimum Gasteiger partial charge on any atom is -0.380 e. The van der Waals surface area contributed by atoms with Crippen molar-refractivity contribution in [1.82, 2.24) is 0 Å². The highest BCUT2D eigenvalue weighted by Gasteiger charge is 2.14. The van der Waals surface area contributed by atoms with Crippen LogP contribution in [-0.2, 0) is 6.54 Å². The zero-order chi connectivity index (χ0) is 14.7. The maximum atomic E-state index is 10.9. The predicted octanol–water partition coefficient (Wildman–Crippen LogP) is 5.04. The van der Waals surface area contributed by atoms with Crippen molar-refractivity contribution in [3.05, 3.63) is 66.6 Å². The summed E-state index contributed by atoms with van der Waals surface area (Å²) in [6.45, 7) is 2.52. The molecule has 1 N–H and O–H groups in total. The van der Waals surface area contributed by atoms with Crippen molar-refractivity contribution >= 4 is 43.2 Å². The van der Waals surface area contributed by atoms with Crippen LogP contribution in [0, 0.1) is 17.0 Å². The van der Waals surface area contributed by atoms with Crippen molar-refractivity contribution in [2.24, 2.45) is 0 Å². The zero-order valence-corrected chi connectivity index (χ0v) is 13.9. The van der Waals surface area contributed by atoms with Crippen LogP contribution in [0.3, 0.4) is 0 Å². The Labute approximate surface area is 133 Å². The Kier molecular flexibility index (Phi) is 4.77. The molecule has 0 fully saturated rings. The topological polar surface area (TPSA) is 55.2 Å². The third kappa shape index (κ3) is 3.37. The Morgan fingerprint density at radius 1 is 1.25 bits per heavy atom. The lowest BCUT2D eigenvalue weighted by Crippen LogP contribution is -2.02. The summed E-state index contributed by atoms with van der Waals surface area (Å²) in [5.74, 6) is 0. The first kappa shape index (κ1) is 15.0. The standard InChI is InChI=1S/C14H12Br2N2O2/c1-9-5-6-11(15)12(7-9)17-8-10-3-2-4-13(14(10)16)18(19)20/h2-7,17H,8H2,1H3. The molecule has 2 rings (SSSR count). The molecule has 0 heterocycles. The van der Waals surface area contributed by atoms with E-state index in [1.54, 1.807) is 6.07 Å². The van der Waals surface area contributed by atoms with Gasteiger partial charge in [-0.1, -0.05) is 18.2 Å². The van der Waals surface area contributed by atoms with E-state index in [9.17, 15) is 10.1 Å². The van der Waals surface area contributed by atoms with Crippen LogP contribution in [0.15, 0.2) is 45.3 Å². The summed E-state index contributed by atoms with van der Waals surface area (Å²) in [6, 6.07) is 11.0. The molecule has 0 saturated carbocycles. The quantitative estimate of drug-likeness (QED) is 0.578. The van der Waals surface area contributed by atoms with Crippen LogP contribution in [0.2, 0.25) is 0 Å². The normalized spacial score (nSPS) is 10.3. The molecule has 2 aromatic rings. The van der Waals surface area contributed by atoms with Crippen LogP contribution in [0.25, 0.3) is 0 Å². The molecule has 0 aliphatic rings. The maximum absolute atomic E-state index is 10.9. The van der Waals surface area contributed by atoms with Gasteiger partial charge in [-0.15, -0.1) is 0 Å². The fourth-order valence-corrected chi connectivity index (χ4v) is 2.74. The van der Waals surface area contributed by atoms with Crippen LogP contribution < -0.4 is 5.32 Å². The molecule has 4 nitrogen and oxygen atoms in total. The third-order valence-electron chi connectivity index (χ3n) is 2.85. The highest BCUT2D eigenvalue weighted by molar-refractivity contribution is 9.11. The van der Waals surface area contributed by atoms with E-state index in [1.165, 1.54) is 6.07 Å². The summed E-state index contributed by atoms with van der Waals surface area (Å²) in [5, 5.41) is 14.2. The van der Waals surface area contributed by atoms with Crippen LogP contribution in [-0.4, -0.2) is 4.92 Å². The molecule has 0 aromatic heterocycles. The number of nitro groups is 1. The lowest BCUT2D eigenvalue weighted by molar-refractivity contribution is -0.385. The molecule has 104 valence electrons. The van der Waals surface area contributed by atoms with E-state index in [-0.39, 0.29) is 5.69 Å². The number of anilines is 1. The number of aryl methyl sites for hydroxylation is 1. The van der Waals surface area contributed by atoms with Gasteiger partial charge in [0.1, 0.15) is 4.47 Å². The van der Waals surface area contributed by atoms with Gasteiger partial charge >= 0.3 is 0 Å².